The molecule has 1 unspecified atom stereocenters. The molecule has 2 aromatic carbocycles. The second-order valence-electron chi connectivity index (χ2n) is 4.26. The Kier molecular flexibility index (Phi) is 4.88. The Labute approximate surface area is 130 Å². The van der Waals surface area contributed by atoms with Gasteiger partial charge in [-0.3, -0.25) is 0 Å². The summed E-state index contributed by atoms with van der Waals surface area (Å²) in [5.74, 6) is 0. The lowest BCUT2D eigenvalue weighted by Crippen LogP contribution is -1.98. The van der Waals surface area contributed by atoms with E-state index in [0.717, 1.165) is 15.9 Å². The number of halogens is 3. The summed E-state index contributed by atoms with van der Waals surface area (Å²) >= 11 is 13.5. The fourth-order valence-corrected chi connectivity index (χ4v) is 3.35. The number of hydrogen-bond donors (Lipinski definition) is 0. The second kappa shape index (κ2) is 6.23. The predicted octanol–water partition coefficient (Wildman–Crippen LogP) is 6.09. The van der Waals surface area contributed by atoms with Crippen LogP contribution in [-0.2, 0) is 6.42 Å². The van der Waals surface area contributed by atoms with Gasteiger partial charge in [0.25, 0.3) is 0 Å². The van der Waals surface area contributed by atoms with Gasteiger partial charge in [-0.25, -0.2) is 0 Å². The van der Waals surface area contributed by atoms with Crippen LogP contribution < -0.4 is 0 Å². The number of benzene rings is 2. The minimum Gasteiger partial charge on any atom is -0.0840 e. The number of aryl methyl sites for hydroxylation is 1. The van der Waals surface area contributed by atoms with Gasteiger partial charge in [0, 0.05) is 14.3 Å². The summed E-state index contributed by atoms with van der Waals surface area (Å²) in [5.41, 5.74) is 3.75. The van der Waals surface area contributed by atoms with Crippen LogP contribution in [0.1, 0.15) is 21.5 Å². The van der Waals surface area contributed by atoms with E-state index in [1.165, 1.54) is 16.7 Å². The molecule has 0 amide bonds. The molecule has 0 N–H and O–H groups in total. The molecule has 2 aromatic rings. The highest BCUT2D eigenvalue weighted by Gasteiger charge is 2.13. The highest BCUT2D eigenvalue weighted by molar-refractivity contribution is 9.10. The summed E-state index contributed by atoms with van der Waals surface area (Å²) < 4.78 is 1.10. The van der Waals surface area contributed by atoms with E-state index < -0.39 is 0 Å². The van der Waals surface area contributed by atoms with E-state index in [2.05, 4.69) is 63.0 Å². The molecule has 0 saturated heterocycles. The predicted molar refractivity (Wildman–Crippen MR) is 85.7 cm³/mol. The molecular weight excluding hydrogens is 375 g/mol. The van der Waals surface area contributed by atoms with E-state index in [4.69, 9.17) is 11.6 Å². The third kappa shape index (κ3) is 3.37. The minimum atomic E-state index is 0.273. The van der Waals surface area contributed by atoms with Crippen molar-refractivity contribution in [1.82, 2.24) is 0 Å². The number of rotatable bonds is 3. The molecule has 0 aromatic heterocycles. The largest absolute Gasteiger partial charge is 0.0840 e. The third-order valence-electron chi connectivity index (χ3n) is 2.94. The van der Waals surface area contributed by atoms with E-state index >= 15 is 0 Å². The van der Waals surface area contributed by atoms with E-state index in [1.54, 1.807) is 0 Å². The Hall–Kier alpha value is -0.310. The van der Waals surface area contributed by atoms with Gasteiger partial charge in [-0.1, -0.05) is 67.7 Å². The first-order chi connectivity index (χ1) is 8.58. The van der Waals surface area contributed by atoms with Crippen molar-refractivity contribution in [3.8, 4) is 0 Å². The molecular formula is C15H13Br2Cl. The Morgan fingerprint density at radius 1 is 1.17 bits per heavy atom. The average Bonchev–Trinajstić information content (AvgIpc) is 2.35. The third-order valence-corrected chi connectivity index (χ3v) is 4.61. The topological polar surface area (TPSA) is 0 Å². The monoisotopic (exact) mass is 386 g/mol. The van der Waals surface area contributed by atoms with Gasteiger partial charge >= 0.3 is 0 Å². The summed E-state index contributed by atoms with van der Waals surface area (Å²) in [7, 11) is 0. The van der Waals surface area contributed by atoms with Gasteiger partial charge in [-0.05, 0) is 48.2 Å². The lowest BCUT2D eigenvalue weighted by molar-refractivity contribution is 0.937. The van der Waals surface area contributed by atoms with Crippen LogP contribution in [0.5, 0.6) is 0 Å². The van der Waals surface area contributed by atoms with Crippen LogP contribution in [0.2, 0.25) is 5.02 Å². The van der Waals surface area contributed by atoms with Crippen molar-refractivity contribution in [2.24, 2.45) is 0 Å². The first-order valence-corrected chi connectivity index (χ1v) is 7.80. The zero-order valence-corrected chi connectivity index (χ0v) is 13.9. The van der Waals surface area contributed by atoms with Gasteiger partial charge in [-0.2, -0.15) is 0 Å². The average molecular weight is 389 g/mol. The molecule has 3 heteroatoms. The number of hydrogen-bond acceptors (Lipinski definition) is 0. The van der Waals surface area contributed by atoms with Crippen LogP contribution in [0.25, 0.3) is 0 Å². The maximum Gasteiger partial charge on any atom is 0.0439 e. The summed E-state index contributed by atoms with van der Waals surface area (Å²) in [6, 6.07) is 14.3. The van der Waals surface area contributed by atoms with Crippen molar-refractivity contribution in [1.29, 1.82) is 0 Å². The van der Waals surface area contributed by atoms with E-state index in [0.29, 0.717) is 0 Å². The summed E-state index contributed by atoms with van der Waals surface area (Å²) in [5, 5.41) is 0.828. The van der Waals surface area contributed by atoms with Gasteiger partial charge in [0.1, 0.15) is 0 Å². The minimum absolute atomic E-state index is 0.273. The van der Waals surface area contributed by atoms with Crippen LogP contribution >= 0.6 is 43.5 Å². The fraction of sp³-hybridized carbons (Fsp3) is 0.200. The van der Waals surface area contributed by atoms with Crippen LogP contribution in [0.15, 0.2) is 46.9 Å². The molecule has 0 aliphatic heterocycles. The van der Waals surface area contributed by atoms with Crippen LogP contribution in [0, 0.1) is 6.92 Å². The molecule has 94 valence electrons. The zero-order valence-electron chi connectivity index (χ0n) is 9.96. The molecule has 0 heterocycles. The van der Waals surface area contributed by atoms with Crippen molar-refractivity contribution in [3.63, 3.8) is 0 Å². The molecule has 0 spiro atoms. The fourth-order valence-electron chi connectivity index (χ4n) is 1.92. The van der Waals surface area contributed by atoms with Crippen molar-refractivity contribution in [3.05, 3.63) is 68.7 Å². The molecule has 0 saturated carbocycles. The maximum atomic E-state index is 6.20. The first kappa shape index (κ1) is 14.1. The SMILES string of the molecule is Cc1ccc(Br)cc1C(Br)Cc1ccccc1Cl. The summed E-state index contributed by atoms with van der Waals surface area (Å²) in [6.07, 6.45) is 0.886. The van der Waals surface area contributed by atoms with Crippen LogP contribution in [0.4, 0.5) is 0 Å². The molecule has 0 bridgehead atoms. The summed E-state index contributed by atoms with van der Waals surface area (Å²) in [6.45, 7) is 2.13. The Balaban J connectivity index is 2.25. The van der Waals surface area contributed by atoms with Gasteiger partial charge in [0.2, 0.25) is 0 Å². The molecule has 0 fully saturated rings. The standard InChI is InChI=1S/C15H13Br2Cl/c1-10-6-7-12(16)9-13(10)14(17)8-11-4-2-3-5-15(11)18/h2-7,9,14H,8H2,1H3. The van der Waals surface area contributed by atoms with Crippen molar-refractivity contribution < 1.29 is 0 Å². The Morgan fingerprint density at radius 3 is 2.61 bits per heavy atom. The molecule has 1 atom stereocenters. The van der Waals surface area contributed by atoms with Crippen LogP contribution in [-0.4, -0.2) is 0 Å². The van der Waals surface area contributed by atoms with E-state index in [1.807, 2.05) is 18.2 Å². The molecule has 0 nitrogen and oxygen atoms in total. The van der Waals surface area contributed by atoms with E-state index in [-0.39, 0.29) is 4.83 Å². The smallest absolute Gasteiger partial charge is 0.0439 e. The van der Waals surface area contributed by atoms with Gasteiger partial charge < -0.3 is 0 Å². The van der Waals surface area contributed by atoms with Gasteiger partial charge in [-0.15, -0.1) is 0 Å². The Bertz CT molecular complexity index is 552. The molecule has 18 heavy (non-hydrogen) atoms. The van der Waals surface area contributed by atoms with Crippen molar-refractivity contribution in [2.75, 3.05) is 0 Å². The van der Waals surface area contributed by atoms with Gasteiger partial charge in [0.15, 0.2) is 0 Å². The normalized spacial score (nSPS) is 12.4. The highest BCUT2D eigenvalue weighted by atomic mass is 79.9. The summed E-state index contributed by atoms with van der Waals surface area (Å²) in [4.78, 5) is 0.273. The Morgan fingerprint density at radius 2 is 1.89 bits per heavy atom. The molecule has 0 aliphatic carbocycles. The highest BCUT2D eigenvalue weighted by Crippen LogP contribution is 2.33. The number of alkyl halides is 1. The molecule has 2 rings (SSSR count). The lowest BCUT2D eigenvalue weighted by atomic mass is 10.0. The second-order valence-corrected chi connectivity index (χ2v) is 6.69. The quantitative estimate of drug-likeness (QED) is 0.558. The lowest BCUT2D eigenvalue weighted by Gasteiger charge is -2.14. The van der Waals surface area contributed by atoms with Crippen molar-refractivity contribution in [2.45, 2.75) is 18.2 Å². The first-order valence-electron chi connectivity index (χ1n) is 5.71. The zero-order chi connectivity index (χ0) is 13.1. The molecule has 0 radical (unpaired) electrons. The maximum absolute atomic E-state index is 6.20. The van der Waals surface area contributed by atoms with Crippen LogP contribution in [0.3, 0.4) is 0 Å². The van der Waals surface area contributed by atoms with E-state index in [9.17, 15) is 0 Å². The van der Waals surface area contributed by atoms with Crippen molar-refractivity contribution >= 4 is 43.5 Å². The molecule has 0 aliphatic rings. The van der Waals surface area contributed by atoms with Gasteiger partial charge in [0.05, 0.1) is 0 Å².